The molecule has 2 aromatic rings. The Morgan fingerprint density at radius 1 is 1.26 bits per heavy atom. The third kappa shape index (κ3) is 6.12. The van der Waals surface area contributed by atoms with E-state index in [9.17, 15) is 26.4 Å². The SMILES string of the molecule is CC(Sc1ncc(C(F)(F)F)cc1Cl)C(=O)c1ccc(NS(C)(=O)=O)cc1. The fourth-order valence-electron chi connectivity index (χ4n) is 2.04. The van der Waals surface area contributed by atoms with Crippen LogP contribution in [0.25, 0.3) is 0 Å². The number of nitrogens with one attached hydrogen (secondary N) is 1. The van der Waals surface area contributed by atoms with Crippen LogP contribution in [0.4, 0.5) is 18.9 Å². The lowest BCUT2D eigenvalue weighted by Crippen LogP contribution is -2.14. The van der Waals surface area contributed by atoms with Crippen LogP contribution < -0.4 is 4.72 Å². The number of ketones is 1. The van der Waals surface area contributed by atoms with Gasteiger partial charge in [0.25, 0.3) is 0 Å². The molecule has 5 nitrogen and oxygen atoms in total. The van der Waals surface area contributed by atoms with E-state index in [4.69, 9.17) is 11.6 Å². The smallest absolute Gasteiger partial charge is 0.293 e. The molecular formula is C16H14ClF3N2O3S2. The molecule has 0 fully saturated rings. The zero-order chi connectivity index (χ0) is 20.4. The highest BCUT2D eigenvalue weighted by Crippen LogP contribution is 2.35. The second-order valence-electron chi connectivity index (χ2n) is 5.58. The summed E-state index contributed by atoms with van der Waals surface area (Å²) in [5.41, 5.74) is -0.344. The Hall–Kier alpha value is -1.78. The van der Waals surface area contributed by atoms with Crippen LogP contribution in [0, 0.1) is 0 Å². The summed E-state index contributed by atoms with van der Waals surface area (Å²) in [5, 5.41) is -0.747. The maximum Gasteiger partial charge on any atom is 0.417 e. The molecule has 0 aliphatic carbocycles. The number of thioether (sulfide) groups is 1. The van der Waals surface area contributed by atoms with Gasteiger partial charge in [0.1, 0.15) is 5.03 Å². The maximum absolute atomic E-state index is 12.6. The molecule has 1 aromatic heterocycles. The number of nitrogens with zero attached hydrogens (tertiary/aromatic N) is 1. The van der Waals surface area contributed by atoms with Crippen LogP contribution in [-0.4, -0.2) is 30.7 Å². The number of halogens is 4. The van der Waals surface area contributed by atoms with Crippen molar-refractivity contribution in [3.8, 4) is 0 Å². The number of rotatable bonds is 6. The second kappa shape index (κ2) is 8.07. The van der Waals surface area contributed by atoms with Gasteiger partial charge < -0.3 is 0 Å². The largest absolute Gasteiger partial charge is 0.417 e. The zero-order valence-electron chi connectivity index (χ0n) is 14.0. The normalized spacial score (nSPS) is 13.3. The molecule has 1 heterocycles. The third-order valence-electron chi connectivity index (χ3n) is 3.27. The van der Waals surface area contributed by atoms with Crippen molar-refractivity contribution in [3.63, 3.8) is 0 Å². The first-order chi connectivity index (χ1) is 12.4. The van der Waals surface area contributed by atoms with Crippen LogP contribution in [0.3, 0.4) is 0 Å². The van der Waals surface area contributed by atoms with Gasteiger partial charge in [-0.25, -0.2) is 13.4 Å². The molecule has 0 spiro atoms. The number of carbonyl (C=O) groups is 1. The molecule has 1 aromatic carbocycles. The van der Waals surface area contributed by atoms with Crippen LogP contribution in [0.2, 0.25) is 5.02 Å². The van der Waals surface area contributed by atoms with Crippen molar-refractivity contribution in [2.24, 2.45) is 0 Å². The molecule has 0 saturated heterocycles. The summed E-state index contributed by atoms with van der Waals surface area (Å²) in [5.74, 6) is -0.302. The van der Waals surface area contributed by atoms with Crippen LogP contribution in [-0.2, 0) is 16.2 Å². The number of anilines is 1. The van der Waals surface area contributed by atoms with Crippen molar-refractivity contribution < 1.29 is 26.4 Å². The quantitative estimate of drug-likeness (QED) is 0.531. The van der Waals surface area contributed by atoms with Crippen LogP contribution in [0.15, 0.2) is 41.6 Å². The van der Waals surface area contributed by atoms with Gasteiger partial charge in [0.2, 0.25) is 10.0 Å². The molecule has 0 saturated carbocycles. The van der Waals surface area contributed by atoms with Crippen molar-refractivity contribution in [1.29, 1.82) is 0 Å². The number of hydrogen-bond donors (Lipinski definition) is 1. The Balaban J connectivity index is 2.12. The third-order valence-corrected chi connectivity index (χ3v) is 5.39. The molecule has 0 radical (unpaired) electrons. The molecule has 1 atom stereocenters. The van der Waals surface area contributed by atoms with Gasteiger partial charge in [0, 0.05) is 17.4 Å². The van der Waals surface area contributed by atoms with E-state index >= 15 is 0 Å². The summed E-state index contributed by atoms with van der Waals surface area (Å²) in [4.78, 5) is 16.2. The van der Waals surface area contributed by atoms with Crippen LogP contribution in [0.1, 0.15) is 22.8 Å². The molecule has 27 heavy (non-hydrogen) atoms. The minimum absolute atomic E-state index is 0.112. The Labute approximate surface area is 163 Å². The van der Waals surface area contributed by atoms with Gasteiger partial charge >= 0.3 is 6.18 Å². The Kier molecular flexibility index (Phi) is 6.43. The fourth-order valence-corrected chi connectivity index (χ4v) is 3.77. The number of sulfonamides is 1. The van der Waals surface area contributed by atoms with Crippen molar-refractivity contribution in [2.45, 2.75) is 23.4 Å². The van der Waals surface area contributed by atoms with E-state index in [2.05, 4.69) is 9.71 Å². The predicted molar refractivity (Wildman–Crippen MR) is 98.8 cm³/mol. The maximum atomic E-state index is 12.6. The number of Topliss-reactive ketones (excluding diaryl/α,β-unsaturated/α-hetero) is 1. The van der Waals surface area contributed by atoms with E-state index in [0.717, 1.165) is 24.1 Å². The monoisotopic (exact) mass is 438 g/mol. The standard InChI is InChI=1S/C16H14ClF3N2O3S2/c1-9(26-15-13(17)7-11(8-21-15)16(18,19)20)14(23)10-3-5-12(6-4-10)22-27(2,24)25/h3-9,22H,1-2H3. The van der Waals surface area contributed by atoms with Crippen LogP contribution in [0.5, 0.6) is 0 Å². The first-order valence-electron chi connectivity index (χ1n) is 7.38. The lowest BCUT2D eigenvalue weighted by molar-refractivity contribution is -0.137. The van der Waals surface area contributed by atoms with Crippen molar-refractivity contribution in [3.05, 3.63) is 52.7 Å². The molecule has 0 aliphatic rings. The van der Waals surface area contributed by atoms with E-state index in [-0.39, 0.29) is 15.8 Å². The molecule has 11 heteroatoms. The average molecular weight is 439 g/mol. The fraction of sp³-hybridized carbons (Fsp3) is 0.250. The summed E-state index contributed by atoms with van der Waals surface area (Å²) >= 11 is 6.79. The van der Waals surface area contributed by atoms with Crippen LogP contribution >= 0.6 is 23.4 Å². The van der Waals surface area contributed by atoms with Gasteiger partial charge in [0.15, 0.2) is 5.78 Å². The van der Waals surface area contributed by atoms with Crippen molar-refractivity contribution >= 4 is 44.9 Å². The Bertz CT molecular complexity index is 948. The number of benzene rings is 1. The Morgan fingerprint density at radius 3 is 2.33 bits per heavy atom. The van der Waals surface area contributed by atoms with Gasteiger partial charge in [-0.15, -0.1) is 0 Å². The first kappa shape index (κ1) is 21.5. The highest BCUT2D eigenvalue weighted by atomic mass is 35.5. The summed E-state index contributed by atoms with van der Waals surface area (Å²) in [6.45, 7) is 1.57. The number of aromatic nitrogens is 1. The summed E-state index contributed by atoms with van der Waals surface area (Å²) in [7, 11) is -3.43. The first-order valence-corrected chi connectivity index (χ1v) is 10.5. The van der Waals surface area contributed by atoms with Gasteiger partial charge in [-0.3, -0.25) is 9.52 Å². The highest BCUT2D eigenvalue weighted by Gasteiger charge is 2.32. The average Bonchev–Trinajstić information content (AvgIpc) is 2.54. The topological polar surface area (TPSA) is 76.1 Å². The lowest BCUT2D eigenvalue weighted by Gasteiger charge is -2.13. The summed E-state index contributed by atoms with van der Waals surface area (Å²) < 4.78 is 62.6. The Morgan fingerprint density at radius 2 is 1.85 bits per heavy atom. The summed E-state index contributed by atoms with van der Waals surface area (Å²) in [6.07, 6.45) is -2.88. The van der Waals surface area contributed by atoms with E-state index in [1.807, 2.05) is 0 Å². The minimum Gasteiger partial charge on any atom is -0.293 e. The van der Waals surface area contributed by atoms with E-state index in [0.29, 0.717) is 17.4 Å². The number of hydrogen-bond acceptors (Lipinski definition) is 5. The number of alkyl halides is 3. The molecule has 0 aliphatic heterocycles. The van der Waals surface area contributed by atoms with E-state index < -0.39 is 27.0 Å². The molecule has 0 bridgehead atoms. The number of carbonyl (C=O) groups excluding carboxylic acids is 1. The zero-order valence-corrected chi connectivity index (χ0v) is 16.4. The molecule has 2 rings (SSSR count). The number of pyridine rings is 1. The van der Waals surface area contributed by atoms with Gasteiger partial charge in [-0.05, 0) is 37.3 Å². The van der Waals surface area contributed by atoms with Gasteiger partial charge in [-0.2, -0.15) is 13.2 Å². The summed E-state index contributed by atoms with van der Waals surface area (Å²) in [6, 6.07) is 6.55. The highest BCUT2D eigenvalue weighted by molar-refractivity contribution is 8.00. The van der Waals surface area contributed by atoms with E-state index in [1.54, 1.807) is 6.92 Å². The van der Waals surface area contributed by atoms with E-state index in [1.165, 1.54) is 24.3 Å². The lowest BCUT2D eigenvalue weighted by atomic mass is 10.1. The second-order valence-corrected chi connectivity index (χ2v) is 9.07. The van der Waals surface area contributed by atoms with Gasteiger partial charge in [0.05, 0.1) is 22.1 Å². The van der Waals surface area contributed by atoms with Gasteiger partial charge in [-0.1, -0.05) is 23.4 Å². The molecular weight excluding hydrogens is 425 g/mol. The molecule has 0 amide bonds. The predicted octanol–water partition coefficient (Wildman–Crippen LogP) is 4.49. The van der Waals surface area contributed by atoms with Crippen molar-refractivity contribution in [1.82, 2.24) is 4.98 Å². The minimum atomic E-state index is -4.55. The molecule has 1 N–H and O–H groups in total. The molecule has 146 valence electrons. The molecule has 1 unspecified atom stereocenters. The van der Waals surface area contributed by atoms with Crippen molar-refractivity contribution in [2.75, 3.05) is 11.0 Å².